The number of halogens is 2. The lowest BCUT2D eigenvalue weighted by molar-refractivity contribution is -0.160. The first-order valence-corrected chi connectivity index (χ1v) is 14.2. The molecule has 4 aliphatic rings. The first kappa shape index (κ1) is 29.6. The first-order chi connectivity index (χ1) is 18.3. The number of carboxylic acids is 1. The average molecular weight is 571 g/mol. The molecule has 0 aromatic heterocycles. The van der Waals surface area contributed by atoms with Gasteiger partial charge in [0.15, 0.2) is 0 Å². The SMILES string of the molecule is CC(=O)C[C@H](C)[C@H]1C(=O)N2C(C(=O)O)=C(S[C@@H]3CN[C@H](C(=O)N4CC[C@H](CC(=O)C(F)(F)CN)C4)C3)[C@H](C)[C@@H]12. The summed E-state index contributed by atoms with van der Waals surface area (Å²) in [6.07, 6.45) is 0.844. The number of Topliss-reactive ketones (excluding diaryl/α,β-unsaturated/α-hetero) is 2. The van der Waals surface area contributed by atoms with Crippen LogP contribution in [0, 0.1) is 23.7 Å². The number of carbonyl (C=O) groups excluding carboxylic acids is 4. The second-order valence-electron chi connectivity index (χ2n) is 11.3. The minimum atomic E-state index is -3.55. The molecule has 0 radical (unpaired) electrons. The predicted molar refractivity (Wildman–Crippen MR) is 139 cm³/mol. The molecule has 0 aromatic carbocycles. The third-order valence-corrected chi connectivity index (χ3v) is 9.94. The lowest BCUT2D eigenvalue weighted by Crippen LogP contribution is -2.62. The van der Waals surface area contributed by atoms with E-state index in [-0.39, 0.29) is 71.7 Å². The first-order valence-electron chi connectivity index (χ1n) is 13.4. The van der Waals surface area contributed by atoms with Gasteiger partial charge in [-0.25, -0.2) is 4.79 Å². The predicted octanol–water partition coefficient (Wildman–Crippen LogP) is 1.24. The maximum absolute atomic E-state index is 13.6. The van der Waals surface area contributed by atoms with E-state index in [4.69, 9.17) is 5.73 Å². The minimum absolute atomic E-state index is 0.00937. The Kier molecular flexibility index (Phi) is 8.53. The molecule has 39 heavy (non-hydrogen) atoms. The number of likely N-dealkylation sites (tertiary alicyclic amines) is 1. The van der Waals surface area contributed by atoms with Crippen LogP contribution < -0.4 is 11.1 Å². The summed E-state index contributed by atoms with van der Waals surface area (Å²) in [5.41, 5.74) is 4.98. The lowest BCUT2D eigenvalue weighted by Gasteiger charge is -2.47. The molecule has 0 aromatic rings. The fourth-order valence-corrected chi connectivity index (χ4v) is 7.93. The molecule has 3 fully saturated rings. The maximum Gasteiger partial charge on any atom is 0.353 e. The lowest BCUT2D eigenvalue weighted by atomic mass is 9.73. The molecule has 4 aliphatic heterocycles. The number of nitrogens with one attached hydrogen (secondary N) is 1. The van der Waals surface area contributed by atoms with Crippen LogP contribution in [0.25, 0.3) is 0 Å². The summed E-state index contributed by atoms with van der Waals surface area (Å²) >= 11 is 1.38. The van der Waals surface area contributed by atoms with Crippen molar-refractivity contribution < 1.29 is 37.9 Å². The van der Waals surface area contributed by atoms with E-state index in [1.54, 1.807) is 4.90 Å². The molecule has 7 atom stereocenters. The van der Waals surface area contributed by atoms with Gasteiger partial charge in [-0.2, -0.15) is 8.78 Å². The van der Waals surface area contributed by atoms with E-state index in [1.807, 2.05) is 13.8 Å². The number of alkyl halides is 2. The van der Waals surface area contributed by atoms with Crippen LogP contribution in [-0.4, -0.2) is 93.7 Å². The number of carboxylic acid groups (broad SMARTS) is 1. The van der Waals surface area contributed by atoms with Gasteiger partial charge in [0.05, 0.1) is 24.5 Å². The van der Waals surface area contributed by atoms with E-state index in [9.17, 15) is 37.9 Å². The van der Waals surface area contributed by atoms with Gasteiger partial charge in [0.25, 0.3) is 0 Å². The third-order valence-electron chi connectivity index (χ3n) is 8.43. The quantitative estimate of drug-likeness (QED) is 0.312. The Bertz CT molecular complexity index is 1100. The van der Waals surface area contributed by atoms with Gasteiger partial charge in [0.1, 0.15) is 11.5 Å². The molecule has 0 spiro atoms. The van der Waals surface area contributed by atoms with Gasteiger partial charge in [-0.05, 0) is 31.6 Å². The number of carbonyl (C=O) groups is 5. The number of fused-ring (bicyclic) bond motifs is 1. The maximum atomic E-state index is 13.6. The van der Waals surface area contributed by atoms with Crippen LogP contribution >= 0.6 is 11.8 Å². The second-order valence-corrected chi connectivity index (χ2v) is 12.7. The molecule has 2 amide bonds. The van der Waals surface area contributed by atoms with Gasteiger partial charge in [-0.15, -0.1) is 11.8 Å². The van der Waals surface area contributed by atoms with Gasteiger partial charge in [-0.1, -0.05) is 13.8 Å². The number of hydrogen-bond donors (Lipinski definition) is 3. The molecule has 0 unspecified atom stereocenters. The summed E-state index contributed by atoms with van der Waals surface area (Å²) in [7, 11) is 0. The van der Waals surface area contributed by atoms with Crippen LogP contribution in [0.15, 0.2) is 10.6 Å². The Hall–Kier alpha value is -2.38. The standard InChI is InChI=1S/C26H36F2N4O6S/c1-12(6-13(2)33)19-20-14(3)22(21(25(37)38)32(20)24(19)36)39-16-8-17(30-9-16)23(35)31-5-4-15(10-31)7-18(34)26(27,28)11-29/h12,14-17,19-20,30H,4-11,29H2,1-3H3,(H,37,38)/t12-,14+,15+,16-,17-,19+,20-/m0/s1. The molecule has 4 N–H and O–H groups in total. The normalized spacial score (nSPS) is 31.4. The third kappa shape index (κ3) is 5.62. The molecule has 3 saturated heterocycles. The fourth-order valence-electron chi connectivity index (χ4n) is 6.45. The monoisotopic (exact) mass is 570 g/mol. The minimum Gasteiger partial charge on any atom is -0.477 e. The van der Waals surface area contributed by atoms with Crippen molar-refractivity contribution in [2.24, 2.45) is 29.4 Å². The molecule has 10 nitrogen and oxygen atoms in total. The van der Waals surface area contributed by atoms with E-state index in [0.717, 1.165) is 0 Å². The highest BCUT2D eigenvalue weighted by atomic mass is 32.2. The second kappa shape index (κ2) is 11.2. The van der Waals surface area contributed by atoms with Gasteiger partial charge >= 0.3 is 11.9 Å². The summed E-state index contributed by atoms with van der Waals surface area (Å²) in [5.74, 6) is -7.52. The Labute approximate surface area is 230 Å². The van der Waals surface area contributed by atoms with Crippen molar-refractivity contribution in [1.82, 2.24) is 15.1 Å². The summed E-state index contributed by atoms with van der Waals surface area (Å²) in [5, 5.41) is 13.0. The number of ketones is 2. The molecule has 13 heteroatoms. The molecule has 4 rings (SSSR count). The highest BCUT2D eigenvalue weighted by Crippen LogP contribution is 2.53. The van der Waals surface area contributed by atoms with E-state index in [0.29, 0.717) is 30.8 Å². The van der Waals surface area contributed by atoms with Crippen molar-refractivity contribution in [3.8, 4) is 0 Å². The Balaban J connectivity index is 1.36. The molecular weight excluding hydrogens is 534 g/mol. The van der Waals surface area contributed by atoms with Crippen molar-refractivity contribution in [1.29, 1.82) is 0 Å². The largest absolute Gasteiger partial charge is 0.477 e. The molecule has 4 heterocycles. The topological polar surface area (TPSA) is 150 Å². The number of rotatable bonds is 11. The molecule has 0 saturated carbocycles. The number of aliphatic carboxylic acids is 1. The number of hydrogen-bond acceptors (Lipinski definition) is 8. The fraction of sp³-hybridized carbons (Fsp3) is 0.731. The van der Waals surface area contributed by atoms with Crippen LogP contribution in [0.1, 0.15) is 46.5 Å². The van der Waals surface area contributed by atoms with Gasteiger partial charge in [0.2, 0.25) is 17.6 Å². The average Bonchev–Trinajstić information content (AvgIpc) is 3.57. The number of amides is 2. The smallest absolute Gasteiger partial charge is 0.353 e. The van der Waals surface area contributed by atoms with E-state index in [2.05, 4.69) is 5.32 Å². The highest BCUT2D eigenvalue weighted by molar-refractivity contribution is 8.03. The number of nitrogens with zero attached hydrogens (tertiary/aromatic N) is 2. The summed E-state index contributed by atoms with van der Waals surface area (Å²) < 4.78 is 27.1. The Morgan fingerprint density at radius 2 is 1.97 bits per heavy atom. The van der Waals surface area contributed by atoms with Crippen LogP contribution in [-0.2, 0) is 24.0 Å². The van der Waals surface area contributed by atoms with Gasteiger partial charge in [0, 0.05) is 48.5 Å². The zero-order valence-electron chi connectivity index (χ0n) is 22.3. The number of nitrogens with two attached hydrogens (primary N) is 1. The zero-order valence-corrected chi connectivity index (χ0v) is 23.1. The van der Waals surface area contributed by atoms with Crippen LogP contribution in [0.3, 0.4) is 0 Å². The van der Waals surface area contributed by atoms with Crippen LogP contribution in [0.5, 0.6) is 0 Å². The van der Waals surface area contributed by atoms with Gasteiger partial charge < -0.3 is 30.8 Å². The zero-order chi connectivity index (χ0) is 28.8. The van der Waals surface area contributed by atoms with E-state index < -0.39 is 36.2 Å². The molecule has 216 valence electrons. The van der Waals surface area contributed by atoms with Crippen LogP contribution in [0.4, 0.5) is 8.78 Å². The molecular formula is C26H36F2N4O6S. The Morgan fingerprint density at radius 3 is 2.59 bits per heavy atom. The number of β-lactam (4-membered cyclic amide) rings is 1. The van der Waals surface area contributed by atoms with Crippen molar-refractivity contribution >= 4 is 41.1 Å². The van der Waals surface area contributed by atoms with Gasteiger partial charge in [-0.3, -0.25) is 14.4 Å². The van der Waals surface area contributed by atoms with Crippen molar-refractivity contribution in [2.45, 2.75) is 69.7 Å². The summed E-state index contributed by atoms with van der Waals surface area (Å²) in [6.45, 7) is 5.27. The Morgan fingerprint density at radius 1 is 1.28 bits per heavy atom. The highest BCUT2D eigenvalue weighted by Gasteiger charge is 2.60. The van der Waals surface area contributed by atoms with Crippen molar-refractivity contribution in [2.75, 3.05) is 26.2 Å². The van der Waals surface area contributed by atoms with E-state index >= 15 is 0 Å². The van der Waals surface area contributed by atoms with E-state index in [1.165, 1.54) is 23.6 Å². The van der Waals surface area contributed by atoms with Crippen molar-refractivity contribution in [3.63, 3.8) is 0 Å². The summed E-state index contributed by atoms with van der Waals surface area (Å²) in [4.78, 5) is 65.3. The summed E-state index contributed by atoms with van der Waals surface area (Å²) in [6, 6.07) is -0.807. The molecule has 0 aliphatic carbocycles. The van der Waals surface area contributed by atoms with Crippen LogP contribution in [0.2, 0.25) is 0 Å². The van der Waals surface area contributed by atoms with Crippen molar-refractivity contribution in [3.05, 3.63) is 10.6 Å². The molecule has 0 bridgehead atoms. The number of thioether (sulfide) groups is 1.